The van der Waals surface area contributed by atoms with Crippen LogP contribution in [0.3, 0.4) is 0 Å². The van der Waals surface area contributed by atoms with Gasteiger partial charge in [0.1, 0.15) is 11.4 Å². The van der Waals surface area contributed by atoms with Gasteiger partial charge in [-0.3, -0.25) is 9.48 Å². The Kier molecular flexibility index (Phi) is 7.49. The number of aryl methyl sites for hydroxylation is 1. The molecule has 5 heterocycles. The van der Waals surface area contributed by atoms with Crippen LogP contribution in [0.25, 0.3) is 0 Å². The first-order valence-corrected chi connectivity index (χ1v) is 13.2. The van der Waals surface area contributed by atoms with Gasteiger partial charge in [-0.1, -0.05) is 0 Å². The molecule has 0 aromatic carbocycles. The van der Waals surface area contributed by atoms with E-state index in [0.29, 0.717) is 50.0 Å². The number of rotatable bonds is 9. The maximum Gasteiger partial charge on any atom is 0.421 e. The molecule has 2 atom stereocenters. The molecule has 2 unspecified atom stereocenters. The van der Waals surface area contributed by atoms with Gasteiger partial charge in [0.05, 0.1) is 36.6 Å². The smallest absolute Gasteiger partial charge is 0.380 e. The van der Waals surface area contributed by atoms with Crippen molar-refractivity contribution in [3.63, 3.8) is 0 Å². The summed E-state index contributed by atoms with van der Waals surface area (Å²) in [6.45, 7) is 3.33. The van der Waals surface area contributed by atoms with Crippen LogP contribution >= 0.6 is 0 Å². The normalized spacial score (nSPS) is 23.8. The van der Waals surface area contributed by atoms with Crippen molar-refractivity contribution < 1.29 is 22.7 Å². The van der Waals surface area contributed by atoms with E-state index in [0.717, 1.165) is 24.7 Å². The number of aromatic nitrogens is 4. The summed E-state index contributed by atoms with van der Waals surface area (Å²) in [5, 5.41) is 10.5. The molecule has 2 bridgehead atoms. The zero-order valence-electron chi connectivity index (χ0n) is 22.0. The van der Waals surface area contributed by atoms with Crippen molar-refractivity contribution >= 4 is 23.4 Å². The lowest BCUT2D eigenvalue weighted by molar-refractivity contribution is -0.148. The number of amides is 1. The molecule has 0 saturated carbocycles. The fraction of sp³-hybridized carbons (Fsp3) is 0.680. The lowest BCUT2D eigenvalue weighted by Crippen LogP contribution is -2.43. The van der Waals surface area contributed by atoms with Gasteiger partial charge >= 0.3 is 6.18 Å². The first-order valence-electron chi connectivity index (χ1n) is 13.2. The predicted octanol–water partition coefficient (Wildman–Crippen LogP) is 3.45. The SMILES string of the molecule is Cc1nn(C2CC3CCC(C2)N3C)cc1Nc1ncc(C(F)(F)F)c(NCCCN(C)C(=O)C2COC2)n1. The van der Waals surface area contributed by atoms with Crippen molar-refractivity contribution in [1.29, 1.82) is 0 Å². The topological polar surface area (TPSA) is 100 Å². The molecule has 208 valence electrons. The highest BCUT2D eigenvalue weighted by molar-refractivity contribution is 5.79. The second kappa shape index (κ2) is 10.7. The van der Waals surface area contributed by atoms with E-state index in [2.05, 4.69) is 37.6 Å². The Bertz CT molecular complexity index is 1140. The van der Waals surface area contributed by atoms with Gasteiger partial charge in [-0.2, -0.15) is 23.3 Å². The van der Waals surface area contributed by atoms with Gasteiger partial charge in [-0.05, 0) is 46.1 Å². The molecule has 5 rings (SSSR count). The van der Waals surface area contributed by atoms with Crippen molar-refractivity contribution in [3.8, 4) is 0 Å². The summed E-state index contributed by atoms with van der Waals surface area (Å²) in [7, 11) is 3.88. The average Bonchev–Trinajstić information content (AvgIpc) is 3.26. The van der Waals surface area contributed by atoms with E-state index in [9.17, 15) is 18.0 Å². The highest BCUT2D eigenvalue weighted by Gasteiger charge is 2.39. The second-order valence-electron chi connectivity index (χ2n) is 10.6. The van der Waals surface area contributed by atoms with Gasteiger partial charge in [-0.25, -0.2) is 4.98 Å². The van der Waals surface area contributed by atoms with Gasteiger partial charge in [0.2, 0.25) is 11.9 Å². The zero-order valence-corrected chi connectivity index (χ0v) is 22.0. The molecule has 38 heavy (non-hydrogen) atoms. The van der Waals surface area contributed by atoms with E-state index >= 15 is 0 Å². The number of anilines is 3. The number of piperidine rings is 1. The molecule has 2 N–H and O–H groups in total. The van der Waals surface area contributed by atoms with E-state index in [1.54, 1.807) is 11.9 Å². The first kappa shape index (κ1) is 26.7. The van der Waals surface area contributed by atoms with Crippen LogP contribution < -0.4 is 10.6 Å². The molecule has 2 aromatic heterocycles. The molecule has 3 aliphatic heterocycles. The molecule has 1 amide bonds. The number of nitrogens with zero attached hydrogens (tertiary/aromatic N) is 6. The Labute approximate surface area is 219 Å². The van der Waals surface area contributed by atoms with Gasteiger partial charge < -0.3 is 25.2 Å². The van der Waals surface area contributed by atoms with Crippen molar-refractivity contribution in [2.75, 3.05) is 51.0 Å². The van der Waals surface area contributed by atoms with E-state index in [4.69, 9.17) is 4.74 Å². The van der Waals surface area contributed by atoms with E-state index in [-0.39, 0.29) is 30.1 Å². The summed E-state index contributed by atoms with van der Waals surface area (Å²) >= 11 is 0. The largest absolute Gasteiger partial charge is 0.421 e. The van der Waals surface area contributed by atoms with Crippen molar-refractivity contribution in [1.82, 2.24) is 29.5 Å². The molecule has 3 fully saturated rings. The molecule has 0 radical (unpaired) electrons. The van der Waals surface area contributed by atoms with Crippen molar-refractivity contribution in [3.05, 3.63) is 23.7 Å². The number of halogens is 3. The highest BCUT2D eigenvalue weighted by Crippen LogP contribution is 2.40. The van der Waals surface area contributed by atoms with Crippen molar-refractivity contribution in [2.24, 2.45) is 5.92 Å². The standard InChI is InChI=1S/C25H35F3N8O2/c1-15-21(12-36(33-15)19-9-17-5-6-18(10-19)35(17)3)31-24-30-11-20(25(26,27)28)22(32-24)29-7-4-8-34(2)23(37)16-13-38-14-16/h11-12,16-19H,4-10,13-14H2,1-3H3,(H2,29,30,31,32). The third-order valence-corrected chi connectivity index (χ3v) is 8.03. The highest BCUT2D eigenvalue weighted by atomic mass is 19.4. The number of alkyl halides is 3. The van der Waals surface area contributed by atoms with Gasteiger partial charge in [-0.15, -0.1) is 0 Å². The quantitative estimate of drug-likeness (QED) is 0.470. The summed E-state index contributed by atoms with van der Waals surface area (Å²) in [6, 6.07) is 1.43. The monoisotopic (exact) mass is 536 g/mol. The number of hydrogen-bond acceptors (Lipinski definition) is 8. The van der Waals surface area contributed by atoms with Gasteiger partial charge in [0.25, 0.3) is 0 Å². The molecule has 13 heteroatoms. The van der Waals surface area contributed by atoms with Crippen LogP contribution in [0.15, 0.2) is 12.4 Å². The summed E-state index contributed by atoms with van der Waals surface area (Å²) in [6.07, 6.45) is 3.04. The first-order chi connectivity index (χ1) is 18.1. The Morgan fingerprint density at radius 1 is 1.21 bits per heavy atom. The van der Waals surface area contributed by atoms with Gasteiger partial charge in [0.15, 0.2) is 0 Å². The lowest BCUT2D eigenvalue weighted by Gasteiger charge is -2.36. The third kappa shape index (κ3) is 5.58. The summed E-state index contributed by atoms with van der Waals surface area (Å²) in [4.78, 5) is 24.3. The second-order valence-corrected chi connectivity index (χ2v) is 10.6. The molecular weight excluding hydrogens is 501 g/mol. The average molecular weight is 537 g/mol. The number of ether oxygens (including phenoxy) is 1. The van der Waals surface area contributed by atoms with Crippen LogP contribution in [0.2, 0.25) is 0 Å². The van der Waals surface area contributed by atoms with Crippen LogP contribution in [0, 0.1) is 12.8 Å². The van der Waals surface area contributed by atoms with Crippen molar-refractivity contribution in [2.45, 2.75) is 63.3 Å². The number of fused-ring (bicyclic) bond motifs is 2. The molecule has 3 saturated heterocycles. The Morgan fingerprint density at radius 2 is 1.92 bits per heavy atom. The maximum atomic E-state index is 13.6. The number of hydrogen-bond donors (Lipinski definition) is 2. The van der Waals surface area contributed by atoms with Crippen LogP contribution in [0.4, 0.5) is 30.6 Å². The lowest BCUT2D eigenvalue weighted by atomic mass is 9.98. The minimum absolute atomic E-state index is 0.00966. The van der Waals surface area contributed by atoms with Crippen LogP contribution in [0.5, 0.6) is 0 Å². The minimum Gasteiger partial charge on any atom is -0.380 e. The fourth-order valence-electron chi connectivity index (χ4n) is 5.62. The van der Waals surface area contributed by atoms with Crippen LogP contribution in [-0.2, 0) is 15.7 Å². The fourth-order valence-corrected chi connectivity index (χ4v) is 5.62. The van der Waals surface area contributed by atoms with Gasteiger partial charge in [0, 0.05) is 44.6 Å². The third-order valence-electron chi connectivity index (χ3n) is 8.03. The summed E-state index contributed by atoms with van der Waals surface area (Å²) in [5.74, 6) is -0.371. The molecule has 3 aliphatic rings. The Morgan fingerprint density at radius 3 is 2.55 bits per heavy atom. The molecule has 10 nitrogen and oxygen atoms in total. The van der Waals surface area contributed by atoms with E-state index in [1.165, 1.54) is 12.8 Å². The molecular formula is C25H35F3N8O2. The number of carbonyl (C=O) groups is 1. The Balaban J connectivity index is 1.23. The van der Waals surface area contributed by atoms with Crippen LogP contribution in [0.1, 0.15) is 49.4 Å². The van der Waals surface area contributed by atoms with E-state index in [1.807, 2.05) is 17.8 Å². The predicted molar refractivity (Wildman–Crippen MR) is 135 cm³/mol. The number of nitrogens with one attached hydrogen (secondary N) is 2. The number of carbonyl (C=O) groups excluding carboxylic acids is 1. The van der Waals surface area contributed by atoms with Crippen LogP contribution in [-0.4, -0.2) is 87.9 Å². The summed E-state index contributed by atoms with van der Waals surface area (Å²) in [5.41, 5.74) is 0.467. The molecule has 2 aromatic rings. The maximum absolute atomic E-state index is 13.6. The molecule has 0 aliphatic carbocycles. The Hall–Kier alpha value is -2.93. The summed E-state index contributed by atoms with van der Waals surface area (Å²) < 4.78 is 47.9. The molecule has 0 spiro atoms. The van der Waals surface area contributed by atoms with E-state index < -0.39 is 11.7 Å². The zero-order chi connectivity index (χ0) is 27.0. The minimum atomic E-state index is -4.61.